The van der Waals surface area contributed by atoms with Crippen molar-refractivity contribution in [3.63, 3.8) is 0 Å². The highest BCUT2D eigenvalue weighted by Crippen LogP contribution is 2.24. The third-order valence-electron chi connectivity index (χ3n) is 2.21. The van der Waals surface area contributed by atoms with Crippen molar-refractivity contribution < 1.29 is 27.3 Å². The molecule has 0 aromatic heterocycles. The van der Waals surface area contributed by atoms with Gasteiger partial charge in [0, 0.05) is 16.6 Å². The van der Waals surface area contributed by atoms with Crippen molar-refractivity contribution in [2.24, 2.45) is 0 Å². The van der Waals surface area contributed by atoms with Gasteiger partial charge in [0.1, 0.15) is 0 Å². The summed E-state index contributed by atoms with van der Waals surface area (Å²) in [6.45, 7) is 0. The minimum absolute atomic E-state index is 0.0315. The minimum atomic E-state index is -4.29. The number of carboxylic acid groups (broad SMARTS) is 1. The van der Waals surface area contributed by atoms with E-state index >= 15 is 0 Å². The van der Waals surface area contributed by atoms with Crippen molar-refractivity contribution in [3.05, 3.63) is 28.2 Å². The molecule has 1 aromatic carbocycles. The van der Waals surface area contributed by atoms with Gasteiger partial charge < -0.3 is 5.11 Å². The van der Waals surface area contributed by atoms with E-state index in [9.17, 15) is 22.2 Å². The molecule has 8 heteroatoms. The molecular weight excluding hydrogens is 349 g/mol. The molecule has 1 aromatic rings. The first-order chi connectivity index (χ1) is 8.70. The first-order valence-corrected chi connectivity index (χ1v) is 7.30. The highest BCUT2D eigenvalue weighted by atomic mass is 79.9. The lowest BCUT2D eigenvalue weighted by Gasteiger charge is -2.08. The van der Waals surface area contributed by atoms with Crippen molar-refractivity contribution in [2.75, 3.05) is 5.75 Å². The zero-order valence-electron chi connectivity index (χ0n) is 9.54. The van der Waals surface area contributed by atoms with Crippen LogP contribution in [-0.2, 0) is 10.8 Å². The molecule has 0 aliphatic rings. The summed E-state index contributed by atoms with van der Waals surface area (Å²) < 4.78 is 48.3. The summed E-state index contributed by atoms with van der Waals surface area (Å²) in [5, 5.41) is 8.93. The van der Waals surface area contributed by atoms with Gasteiger partial charge in [0.15, 0.2) is 0 Å². The Labute approximate surface area is 118 Å². The second kappa shape index (κ2) is 6.51. The SMILES string of the molecule is O=C(O)c1ccc(Br)cc1S(=O)CCCC(F)(F)F. The Hall–Kier alpha value is -0.890. The second-order valence-corrected chi connectivity index (χ2v) is 6.17. The van der Waals surface area contributed by atoms with E-state index in [2.05, 4.69) is 15.9 Å². The molecule has 0 radical (unpaired) electrons. The molecule has 0 saturated heterocycles. The van der Waals surface area contributed by atoms with Crippen LogP contribution in [0.4, 0.5) is 13.2 Å². The van der Waals surface area contributed by atoms with Gasteiger partial charge in [0.2, 0.25) is 0 Å². The number of alkyl halides is 3. The van der Waals surface area contributed by atoms with Gasteiger partial charge >= 0.3 is 12.1 Å². The Morgan fingerprint density at radius 2 is 2.00 bits per heavy atom. The molecule has 0 saturated carbocycles. The first kappa shape index (κ1) is 16.2. The van der Waals surface area contributed by atoms with Gasteiger partial charge in [-0.1, -0.05) is 15.9 Å². The van der Waals surface area contributed by atoms with Gasteiger partial charge in [0.05, 0.1) is 21.3 Å². The number of halogens is 4. The smallest absolute Gasteiger partial charge is 0.389 e. The molecule has 19 heavy (non-hydrogen) atoms. The van der Waals surface area contributed by atoms with E-state index in [0.717, 1.165) is 0 Å². The number of benzene rings is 1. The Bertz CT molecular complexity index is 502. The van der Waals surface area contributed by atoms with Crippen molar-refractivity contribution in [2.45, 2.75) is 23.9 Å². The predicted octanol–water partition coefficient (Wildman–Crippen LogP) is 3.60. The predicted molar refractivity (Wildman–Crippen MR) is 67.7 cm³/mol. The Balaban J connectivity index is 2.81. The summed E-state index contributed by atoms with van der Waals surface area (Å²) >= 11 is 3.11. The lowest BCUT2D eigenvalue weighted by molar-refractivity contribution is -0.134. The lowest BCUT2D eigenvalue weighted by atomic mass is 10.2. The Kier molecular flexibility index (Phi) is 5.54. The molecule has 0 bridgehead atoms. The van der Waals surface area contributed by atoms with E-state index in [1.165, 1.54) is 18.2 Å². The topological polar surface area (TPSA) is 54.4 Å². The third kappa shape index (κ3) is 5.32. The maximum Gasteiger partial charge on any atom is 0.389 e. The molecule has 106 valence electrons. The summed E-state index contributed by atoms with van der Waals surface area (Å²) in [5.74, 6) is -1.48. The standard InChI is InChI=1S/C11H10BrF3O3S/c12-7-2-3-8(10(16)17)9(6-7)19(18)5-1-4-11(13,14)15/h2-3,6H,1,4-5H2,(H,16,17). The average Bonchev–Trinajstić information content (AvgIpc) is 2.26. The number of hydrogen-bond acceptors (Lipinski definition) is 2. The molecule has 0 heterocycles. The van der Waals surface area contributed by atoms with E-state index in [-0.39, 0.29) is 22.6 Å². The van der Waals surface area contributed by atoms with Crippen molar-refractivity contribution in [3.8, 4) is 0 Å². The van der Waals surface area contributed by atoms with Crippen LogP contribution in [0.3, 0.4) is 0 Å². The fourth-order valence-corrected chi connectivity index (χ4v) is 3.17. The fourth-order valence-electron chi connectivity index (χ4n) is 1.37. The van der Waals surface area contributed by atoms with Crippen LogP contribution in [0, 0.1) is 0 Å². The zero-order valence-corrected chi connectivity index (χ0v) is 11.9. The van der Waals surface area contributed by atoms with Crippen LogP contribution in [0.25, 0.3) is 0 Å². The van der Waals surface area contributed by atoms with Crippen LogP contribution in [0.2, 0.25) is 0 Å². The number of rotatable bonds is 5. The van der Waals surface area contributed by atoms with Gasteiger partial charge in [-0.25, -0.2) is 4.79 Å². The fraction of sp³-hybridized carbons (Fsp3) is 0.364. The summed E-state index contributed by atoms with van der Waals surface area (Å²) in [5.41, 5.74) is -0.159. The second-order valence-electron chi connectivity index (χ2n) is 3.71. The van der Waals surface area contributed by atoms with Crippen LogP contribution in [0.5, 0.6) is 0 Å². The maximum atomic E-state index is 12.0. The normalized spacial score (nSPS) is 13.3. The molecule has 1 atom stereocenters. The Morgan fingerprint density at radius 3 is 2.53 bits per heavy atom. The zero-order chi connectivity index (χ0) is 14.6. The summed E-state index contributed by atoms with van der Waals surface area (Å²) in [6, 6.07) is 4.09. The Morgan fingerprint density at radius 1 is 1.37 bits per heavy atom. The van der Waals surface area contributed by atoms with Gasteiger partial charge in [-0.3, -0.25) is 4.21 Å². The molecule has 1 rings (SSSR count). The molecule has 1 unspecified atom stereocenters. The van der Waals surface area contributed by atoms with E-state index in [1.807, 2.05) is 0 Å². The first-order valence-electron chi connectivity index (χ1n) is 5.18. The van der Waals surface area contributed by atoms with Crippen molar-refractivity contribution in [1.29, 1.82) is 0 Å². The van der Waals surface area contributed by atoms with E-state index in [0.29, 0.717) is 4.47 Å². The van der Waals surface area contributed by atoms with Crippen molar-refractivity contribution >= 4 is 32.7 Å². The highest BCUT2D eigenvalue weighted by Gasteiger charge is 2.27. The molecule has 0 spiro atoms. The van der Waals surface area contributed by atoms with Crippen molar-refractivity contribution in [1.82, 2.24) is 0 Å². The van der Waals surface area contributed by atoms with Crippen LogP contribution in [-0.4, -0.2) is 27.2 Å². The van der Waals surface area contributed by atoms with Gasteiger partial charge in [-0.2, -0.15) is 13.2 Å². The van der Waals surface area contributed by atoms with Gasteiger partial charge in [0.25, 0.3) is 0 Å². The number of carboxylic acids is 1. The summed E-state index contributed by atoms with van der Waals surface area (Å²) in [4.78, 5) is 11.0. The molecule has 3 nitrogen and oxygen atoms in total. The number of carbonyl (C=O) groups is 1. The molecule has 0 aliphatic heterocycles. The van der Waals surface area contributed by atoms with Crippen LogP contribution >= 0.6 is 15.9 Å². The van der Waals surface area contributed by atoms with E-state index in [1.54, 1.807) is 0 Å². The molecule has 0 amide bonds. The van der Waals surface area contributed by atoms with Crippen LogP contribution < -0.4 is 0 Å². The monoisotopic (exact) mass is 358 g/mol. The maximum absolute atomic E-state index is 12.0. The minimum Gasteiger partial charge on any atom is -0.478 e. The molecule has 0 fully saturated rings. The van der Waals surface area contributed by atoms with E-state index in [4.69, 9.17) is 5.11 Å². The number of aromatic carboxylic acids is 1. The van der Waals surface area contributed by atoms with Crippen LogP contribution in [0.1, 0.15) is 23.2 Å². The summed E-state index contributed by atoms with van der Waals surface area (Å²) in [6.07, 6.45) is -5.63. The summed E-state index contributed by atoms with van der Waals surface area (Å²) in [7, 11) is -1.77. The third-order valence-corrected chi connectivity index (χ3v) is 4.19. The molecule has 1 N–H and O–H groups in total. The van der Waals surface area contributed by atoms with Crippen LogP contribution in [0.15, 0.2) is 27.6 Å². The van der Waals surface area contributed by atoms with Gasteiger partial charge in [-0.05, 0) is 24.6 Å². The quantitative estimate of drug-likeness (QED) is 0.874. The largest absolute Gasteiger partial charge is 0.478 e. The molecule has 0 aliphatic carbocycles. The molecular formula is C11H10BrF3O3S. The lowest BCUT2D eigenvalue weighted by Crippen LogP contribution is -2.11. The number of hydrogen-bond donors (Lipinski definition) is 1. The van der Waals surface area contributed by atoms with E-state index < -0.39 is 29.4 Å². The highest BCUT2D eigenvalue weighted by molar-refractivity contribution is 9.10. The average molecular weight is 359 g/mol. The van der Waals surface area contributed by atoms with Gasteiger partial charge in [-0.15, -0.1) is 0 Å².